The zero-order valence-corrected chi connectivity index (χ0v) is 10.7. The Morgan fingerprint density at radius 3 is 1.35 bits per heavy atom. The monoisotopic (exact) mass is 260 g/mol. The van der Waals surface area contributed by atoms with Crippen molar-refractivity contribution < 1.29 is 9.59 Å². The predicted octanol–water partition coefficient (Wildman–Crippen LogP) is 3.31. The lowest BCUT2D eigenvalue weighted by Crippen LogP contribution is -2.12. The summed E-state index contributed by atoms with van der Waals surface area (Å²) in [5, 5.41) is 0. The van der Waals surface area contributed by atoms with Gasteiger partial charge in [0.25, 0.3) is 0 Å². The Morgan fingerprint density at radius 2 is 0.950 bits per heavy atom. The van der Waals surface area contributed by atoms with E-state index in [0.717, 1.165) is 11.1 Å². The average molecular weight is 260 g/mol. The van der Waals surface area contributed by atoms with Gasteiger partial charge in [0.1, 0.15) is 0 Å². The van der Waals surface area contributed by atoms with Crippen LogP contribution in [-0.4, -0.2) is 11.6 Å². The minimum absolute atomic E-state index is 0.109. The van der Waals surface area contributed by atoms with Gasteiger partial charge in [-0.1, -0.05) is 60.7 Å². The van der Waals surface area contributed by atoms with Gasteiger partial charge in [0.15, 0.2) is 11.6 Å². The lowest BCUT2D eigenvalue weighted by molar-refractivity contribution is -0.112. The molecule has 3 rings (SSSR count). The summed E-state index contributed by atoms with van der Waals surface area (Å²) in [7, 11) is 0. The molecule has 1 aliphatic rings. The van der Waals surface area contributed by atoms with Crippen molar-refractivity contribution in [3.63, 3.8) is 0 Å². The predicted molar refractivity (Wildman–Crippen MR) is 78.9 cm³/mol. The van der Waals surface area contributed by atoms with Crippen LogP contribution in [0.2, 0.25) is 0 Å². The zero-order chi connectivity index (χ0) is 13.9. The lowest BCUT2D eigenvalue weighted by atomic mass is 9.87. The molecule has 20 heavy (non-hydrogen) atoms. The molecule has 0 saturated carbocycles. The van der Waals surface area contributed by atoms with E-state index in [0.29, 0.717) is 11.1 Å². The van der Waals surface area contributed by atoms with E-state index in [4.69, 9.17) is 0 Å². The fraction of sp³-hybridized carbons (Fsp3) is 0. The Balaban J connectivity index is 2.05. The highest BCUT2D eigenvalue weighted by Crippen LogP contribution is 2.28. The first-order valence-corrected chi connectivity index (χ1v) is 6.38. The summed E-state index contributed by atoms with van der Waals surface area (Å²) in [5.74, 6) is -0.260. The number of allylic oxidation sites excluding steroid dienone is 4. The molecule has 0 aliphatic heterocycles. The molecule has 0 aromatic heterocycles. The van der Waals surface area contributed by atoms with E-state index in [1.807, 2.05) is 60.7 Å². The molecule has 2 nitrogen and oxygen atoms in total. The summed E-state index contributed by atoms with van der Waals surface area (Å²) < 4.78 is 0. The number of carbonyl (C=O) groups excluding carboxylic acids is 2. The van der Waals surface area contributed by atoms with Gasteiger partial charge in [0.2, 0.25) is 0 Å². The largest absolute Gasteiger partial charge is 0.290 e. The fourth-order valence-electron chi connectivity index (χ4n) is 2.27. The first-order valence-electron chi connectivity index (χ1n) is 6.38. The highest BCUT2D eigenvalue weighted by molar-refractivity contribution is 6.48. The van der Waals surface area contributed by atoms with Crippen molar-refractivity contribution in [2.75, 3.05) is 0 Å². The van der Waals surface area contributed by atoms with Crippen molar-refractivity contribution in [3.8, 4) is 0 Å². The quantitative estimate of drug-likeness (QED) is 0.776. The van der Waals surface area contributed by atoms with Gasteiger partial charge in [-0.25, -0.2) is 0 Å². The van der Waals surface area contributed by atoms with Gasteiger partial charge in [0.05, 0.1) is 0 Å². The number of carbonyl (C=O) groups is 2. The summed E-state index contributed by atoms with van der Waals surface area (Å²) in [6, 6.07) is 18.5. The fourth-order valence-corrected chi connectivity index (χ4v) is 2.27. The Hall–Kier alpha value is -2.74. The summed E-state index contributed by atoms with van der Waals surface area (Å²) in [6.45, 7) is 0. The van der Waals surface area contributed by atoms with Gasteiger partial charge in [-0.2, -0.15) is 0 Å². The van der Waals surface area contributed by atoms with E-state index in [9.17, 15) is 9.59 Å². The van der Waals surface area contributed by atoms with Crippen LogP contribution in [0.5, 0.6) is 0 Å². The van der Waals surface area contributed by atoms with Crippen molar-refractivity contribution in [2.45, 2.75) is 0 Å². The summed E-state index contributed by atoms with van der Waals surface area (Å²) in [6.07, 6.45) is 2.81. The van der Waals surface area contributed by atoms with Gasteiger partial charge >= 0.3 is 0 Å². The molecule has 0 atom stereocenters. The van der Waals surface area contributed by atoms with Crippen LogP contribution in [0.25, 0.3) is 11.1 Å². The van der Waals surface area contributed by atoms with Crippen molar-refractivity contribution in [1.82, 2.24) is 0 Å². The van der Waals surface area contributed by atoms with Gasteiger partial charge in [-0.05, 0) is 23.3 Å². The van der Waals surface area contributed by atoms with E-state index in [2.05, 4.69) is 0 Å². The second-order valence-electron chi connectivity index (χ2n) is 4.58. The molecule has 2 aromatic carbocycles. The standard InChI is InChI=1S/C18H12O2/c19-15-11-16(13-7-3-1-4-8-13)18(20)17(12-15)14-9-5-2-6-10-14/h1-12H. The third kappa shape index (κ3) is 2.24. The second-order valence-corrected chi connectivity index (χ2v) is 4.58. The number of hydrogen-bond acceptors (Lipinski definition) is 2. The number of hydrogen-bond donors (Lipinski definition) is 0. The molecule has 0 heterocycles. The molecule has 0 N–H and O–H groups in total. The minimum Gasteiger partial charge on any atom is -0.290 e. The van der Waals surface area contributed by atoms with Gasteiger partial charge in [-0.3, -0.25) is 9.59 Å². The van der Waals surface area contributed by atoms with Crippen LogP contribution in [0.3, 0.4) is 0 Å². The lowest BCUT2D eigenvalue weighted by Gasteiger charge is -2.14. The molecule has 1 aliphatic carbocycles. The molecule has 0 spiro atoms. The maximum Gasteiger partial charge on any atom is 0.194 e. The molecule has 0 bridgehead atoms. The normalized spacial score (nSPS) is 14.8. The van der Waals surface area contributed by atoms with Crippen molar-refractivity contribution in [2.24, 2.45) is 0 Å². The first-order chi connectivity index (χ1) is 9.75. The zero-order valence-electron chi connectivity index (χ0n) is 10.7. The number of rotatable bonds is 2. The van der Waals surface area contributed by atoms with Crippen LogP contribution in [0.1, 0.15) is 11.1 Å². The molecule has 0 fully saturated rings. The van der Waals surface area contributed by atoms with E-state index >= 15 is 0 Å². The smallest absolute Gasteiger partial charge is 0.194 e. The van der Waals surface area contributed by atoms with Crippen molar-refractivity contribution in [3.05, 3.63) is 83.9 Å². The van der Waals surface area contributed by atoms with Crippen LogP contribution < -0.4 is 0 Å². The third-order valence-electron chi connectivity index (χ3n) is 3.23. The van der Waals surface area contributed by atoms with Gasteiger partial charge < -0.3 is 0 Å². The highest BCUT2D eigenvalue weighted by Gasteiger charge is 2.23. The summed E-state index contributed by atoms with van der Waals surface area (Å²) in [5.41, 5.74) is 2.45. The highest BCUT2D eigenvalue weighted by atomic mass is 16.1. The Morgan fingerprint density at radius 1 is 0.550 bits per heavy atom. The Bertz CT molecular complexity index is 661. The molecule has 0 unspecified atom stereocenters. The molecular weight excluding hydrogens is 248 g/mol. The van der Waals surface area contributed by atoms with Crippen LogP contribution in [0, 0.1) is 0 Å². The van der Waals surface area contributed by atoms with Crippen molar-refractivity contribution in [1.29, 1.82) is 0 Å². The number of ketones is 2. The van der Waals surface area contributed by atoms with Crippen LogP contribution in [0.4, 0.5) is 0 Å². The van der Waals surface area contributed by atoms with E-state index in [1.54, 1.807) is 0 Å². The van der Waals surface area contributed by atoms with E-state index in [1.165, 1.54) is 12.2 Å². The summed E-state index contributed by atoms with van der Waals surface area (Å²) >= 11 is 0. The summed E-state index contributed by atoms with van der Waals surface area (Å²) in [4.78, 5) is 24.5. The Labute approximate surface area is 117 Å². The third-order valence-corrected chi connectivity index (χ3v) is 3.23. The van der Waals surface area contributed by atoms with Gasteiger partial charge in [0, 0.05) is 11.1 Å². The first kappa shape index (κ1) is 12.3. The second kappa shape index (κ2) is 5.10. The van der Waals surface area contributed by atoms with E-state index in [-0.39, 0.29) is 11.6 Å². The number of benzene rings is 2. The number of Topliss-reactive ketones (excluding diaryl/α,β-unsaturated/α-hetero) is 1. The Kier molecular flexibility index (Phi) is 3.13. The van der Waals surface area contributed by atoms with Gasteiger partial charge in [-0.15, -0.1) is 0 Å². The average Bonchev–Trinajstić information content (AvgIpc) is 2.51. The maximum absolute atomic E-state index is 12.6. The SMILES string of the molecule is O=C1C=C(c2ccccc2)C(=O)C(c2ccccc2)=C1. The molecule has 0 radical (unpaired) electrons. The molecule has 2 heteroatoms. The minimum atomic E-state index is -0.151. The molecule has 96 valence electrons. The molecule has 0 saturated heterocycles. The molecular formula is C18H12O2. The maximum atomic E-state index is 12.6. The van der Waals surface area contributed by atoms with E-state index < -0.39 is 0 Å². The van der Waals surface area contributed by atoms with Crippen molar-refractivity contribution >= 4 is 22.7 Å². The topological polar surface area (TPSA) is 34.1 Å². The van der Waals surface area contributed by atoms with Crippen LogP contribution >= 0.6 is 0 Å². The molecule has 0 amide bonds. The van der Waals surface area contributed by atoms with Crippen LogP contribution in [0.15, 0.2) is 72.8 Å². The molecule has 2 aromatic rings. The van der Waals surface area contributed by atoms with Crippen LogP contribution in [-0.2, 0) is 9.59 Å².